The molecular weight excluding hydrogens is 404 g/mol. The predicted octanol–water partition coefficient (Wildman–Crippen LogP) is 5.39. The SMILES string of the molecule is C=C(N)CC(CCCC)C(=O)N1CCCC1.C=CNC(=NC)SC(=C)c1ccccc1. The predicted molar refractivity (Wildman–Crippen MR) is 137 cm³/mol. The molecule has 1 amide bonds. The van der Waals surface area contributed by atoms with Crippen molar-refractivity contribution in [3.05, 3.63) is 67.5 Å². The minimum atomic E-state index is 0.0653. The van der Waals surface area contributed by atoms with Crippen LogP contribution in [0.4, 0.5) is 0 Å². The van der Waals surface area contributed by atoms with Crippen molar-refractivity contribution < 1.29 is 4.79 Å². The molecule has 1 aliphatic rings. The number of amides is 1. The minimum absolute atomic E-state index is 0.0653. The second-order valence-corrected chi connectivity index (χ2v) is 8.59. The van der Waals surface area contributed by atoms with E-state index in [1.54, 1.807) is 13.2 Å². The van der Waals surface area contributed by atoms with Gasteiger partial charge in [0, 0.05) is 36.7 Å². The van der Waals surface area contributed by atoms with Crippen LogP contribution in [0.5, 0.6) is 0 Å². The number of unbranched alkanes of at least 4 members (excludes halogenated alkanes) is 1. The van der Waals surface area contributed by atoms with Crippen LogP contribution in [0, 0.1) is 5.92 Å². The number of likely N-dealkylation sites (tertiary alicyclic amines) is 1. The Morgan fingerprint density at radius 3 is 2.45 bits per heavy atom. The van der Waals surface area contributed by atoms with Gasteiger partial charge in [-0.25, -0.2) is 0 Å². The second-order valence-electron chi connectivity index (χ2n) is 7.50. The molecule has 1 atom stereocenters. The van der Waals surface area contributed by atoms with E-state index in [0.29, 0.717) is 12.1 Å². The van der Waals surface area contributed by atoms with Gasteiger partial charge in [-0.05, 0) is 37.4 Å². The van der Waals surface area contributed by atoms with E-state index in [0.717, 1.165) is 60.8 Å². The number of thioether (sulfide) groups is 1. The number of allylic oxidation sites excluding steroid dienone is 1. The lowest BCUT2D eigenvalue weighted by atomic mass is 9.95. The van der Waals surface area contributed by atoms with Gasteiger partial charge >= 0.3 is 0 Å². The summed E-state index contributed by atoms with van der Waals surface area (Å²) in [5, 5.41) is 3.74. The van der Waals surface area contributed by atoms with Crippen molar-refractivity contribution >= 4 is 27.7 Å². The Labute approximate surface area is 192 Å². The summed E-state index contributed by atoms with van der Waals surface area (Å²) in [5.41, 5.74) is 7.38. The molecule has 0 bridgehead atoms. The van der Waals surface area contributed by atoms with Crippen LogP contribution in [-0.2, 0) is 4.79 Å². The molecular formula is C25H38N4OS. The van der Waals surface area contributed by atoms with Crippen LogP contribution < -0.4 is 11.1 Å². The number of aliphatic imine (C=N–C) groups is 1. The molecule has 1 fully saturated rings. The maximum Gasteiger partial charge on any atom is 0.226 e. The Balaban J connectivity index is 0.000000311. The van der Waals surface area contributed by atoms with E-state index in [-0.39, 0.29) is 11.8 Å². The highest BCUT2D eigenvalue weighted by molar-refractivity contribution is 8.21. The first kappa shape index (κ1) is 26.6. The van der Waals surface area contributed by atoms with Crippen molar-refractivity contribution in [1.29, 1.82) is 0 Å². The highest BCUT2D eigenvalue weighted by atomic mass is 32.2. The second kappa shape index (κ2) is 15.3. The van der Waals surface area contributed by atoms with Gasteiger partial charge in [-0.2, -0.15) is 0 Å². The number of benzene rings is 1. The van der Waals surface area contributed by atoms with Crippen LogP contribution in [0.15, 0.2) is 67.0 Å². The number of carbonyl (C=O) groups is 1. The van der Waals surface area contributed by atoms with Crippen molar-refractivity contribution in [2.75, 3.05) is 20.1 Å². The van der Waals surface area contributed by atoms with E-state index >= 15 is 0 Å². The van der Waals surface area contributed by atoms with Gasteiger partial charge in [-0.15, -0.1) is 0 Å². The van der Waals surface area contributed by atoms with Gasteiger partial charge in [0.05, 0.1) is 0 Å². The van der Waals surface area contributed by atoms with Crippen molar-refractivity contribution in [2.45, 2.75) is 45.4 Å². The summed E-state index contributed by atoms with van der Waals surface area (Å²) in [6.07, 6.45) is 7.72. The Kier molecular flexibility index (Phi) is 13.2. The fourth-order valence-electron chi connectivity index (χ4n) is 3.30. The van der Waals surface area contributed by atoms with Gasteiger partial charge in [-0.1, -0.05) is 81.6 Å². The molecule has 0 aromatic heterocycles. The van der Waals surface area contributed by atoms with Gasteiger partial charge in [0.15, 0.2) is 5.17 Å². The first-order valence-electron chi connectivity index (χ1n) is 10.9. The zero-order valence-electron chi connectivity index (χ0n) is 19.1. The topological polar surface area (TPSA) is 70.7 Å². The zero-order chi connectivity index (χ0) is 23.1. The molecule has 31 heavy (non-hydrogen) atoms. The summed E-state index contributed by atoms with van der Waals surface area (Å²) >= 11 is 1.50. The number of nitrogens with two attached hydrogens (primary N) is 1. The highest BCUT2D eigenvalue weighted by Crippen LogP contribution is 2.25. The lowest BCUT2D eigenvalue weighted by Crippen LogP contribution is -2.34. The quantitative estimate of drug-likeness (QED) is 0.397. The normalized spacial score (nSPS) is 14.3. The number of rotatable bonds is 9. The molecule has 1 aromatic carbocycles. The van der Waals surface area contributed by atoms with Crippen LogP contribution in [0.3, 0.4) is 0 Å². The number of nitrogens with one attached hydrogen (secondary N) is 1. The number of amidine groups is 1. The first-order chi connectivity index (χ1) is 14.9. The molecule has 1 unspecified atom stereocenters. The average molecular weight is 443 g/mol. The smallest absolute Gasteiger partial charge is 0.226 e. The van der Waals surface area contributed by atoms with Crippen LogP contribution in [-0.4, -0.2) is 36.1 Å². The lowest BCUT2D eigenvalue weighted by molar-refractivity contribution is -0.134. The largest absolute Gasteiger partial charge is 0.402 e. The van der Waals surface area contributed by atoms with E-state index in [2.05, 4.69) is 37.0 Å². The number of carbonyl (C=O) groups excluding carboxylic acids is 1. The molecule has 6 heteroatoms. The summed E-state index contributed by atoms with van der Waals surface area (Å²) in [7, 11) is 1.73. The van der Waals surface area contributed by atoms with Crippen molar-refractivity contribution in [2.24, 2.45) is 16.6 Å². The van der Waals surface area contributed by atoms with Crippen molar-refractivity contribution in [3.63, 3.8) is 0 Å². The standard InChI is InChI=1S/C13H24N2O.C12H14N2S/c1-3-4-7-12(10-11(2)14)13(16)15-8-5-6-9-15;1-4-14-12(13-3)15-10(2)11-8-6-5-7-9-11/h12H,2-10,14H2,1H3;4-9H,1-2H2,3H3,(H,13,14). The molecule has 1 saturated heterocycles. The summed E-state index contributed by atoms with van der Waals surface area (Å²) in [6, 6.07) is 10.0. The van der Waals surface area contributed by atoms with Crippen molar-refractivity contribution in [1.82, 2.24) is 10.2 Å². The molecule has 1 aromatic rings. The van der Waals surface area contributed by atoms with Gasteiger partial charge in [0.2, 0.25) is 5.91 Å². The van der Waals surface area contributed by atoms with Crippen LogP contribution >= 0.6 is 11.8 Å². The summed E-state index contributed by atoms with van der Waals surface area (Å²) in [5.74, 6) is 0.355. The highest BCUT2D eigenvalue weighted by Gasteiger charge is 2.25. The number of hydrogen-bond acceptors (Lipinski definition) is 4. The van der Waals surface area contributed by atoms with Crippen molar-refractivity contribution in [3.8, 4) is 0 Å². The summed E-state index contributed by atoms with van der Waals surface area (Å²) in [4.78, 5) is 19.2. The Morgan fingerprint density at radius 1 is 1.29 bits per heavy atom. The minimum Gasteiger partial charge on any atom is -0.402 e. The van der Waals surface area contributed by atoms with Crippen LogP contribution in [0.25, 0.3) is 4.91 Å². The monoisotopic (exact) mass is 442 g/mol. The van der Waals surface area contributed by atoms with Gasteiger partial charge in [0.25, 0.3) is 0 Å². The molecule has 170 valence electrons. The van der Waals surface area contributed by atoms with Gasteiger partial charge in [0.1, 0.15) is 0 Å². The van der Waals surface area contributed by atoms with E-state index in [1.807, 2.05) is 35.2 Å². The molecule has 5 nitrogen and oxygen atoms in total. The fourth-order valence-corrected chi connectivity index (χ4v) is 4.02. The molecule has 1 aliphatic heterocycles. The van der Waals surface area contributed by atoms with Gasteiger partial charge in [-0.3, -0.25) is 9.79 Å². The molecule has 0 saturated carbocycles. The average Bonchev–Trinajstić information content (AvgIpc) is 3.31. The van der Waals surface area contributed by atoms with E-state index in [1.165, 1.54) is 11.8 Å². The number of hydrogen-bond donors (Lipinski definition) is 2. The third-order valence-electron chi connectivity index (χ3n) is 4.93. The Morgan fingerprint density at radius 2 is 1.94 bits per heavy atom. The maximum atomic E-state index is 12.2. The Hall–Kier alpha value is -2.47. The molecule has 0 radical (unpaired) electrons. The number of nitrogens with zero attached hydrogens (tertiary/aromatic N) is 2. The zero-order valence-corrected chi connectivity index (χ0v) is 19.9. The molecule has 3 N–H and O–H groups in total. The van der Waals surface area contributed by atoms with Crippen LogP contribution in [0.1, 0.15) is 51.0 Å². The van der Waals surface area contributed by atoms with E-state index in [9.17, 15) is 4.79 Å². The van der Waals surface area contributed by atoms with Crippen LogP contribution in [0.2, 0.25) is 0 Å². The fraction of sp³-hybridized carbons (Fsp3) is 0.440. The third kappa shape index (κ3) is 10.4. The maximum absolute atomic E-state index is 12.2. The van der Waals surface area contributed by atoms with E-state index in [4.69, 9.17) is 5.73 Å². The van der Waals surface area contributed by atoms with E-state index < -0.39 is 0 Å². The molecule has 0 aliphatic carbocycles. The summed E-state index contributed by atoms with van der Waals surface area (Å²) in [6.45, 7) is 15.3. The lowest BCUT2D eigenvalue weighted by Gasteiger charge is -2.23. The first-order valence-corrected chi connectivity index (χ1v) is 11.7. The molecule has 0 spiro atoms. The van der Waals surface area contributed by atoms with Gasteiger partial charge < -0.3 is 16.0 Å². The molecule has 1 heterocycles. The third-order valence-corrected chi connectivity index (χ3v) is 5.90. The summed E-state index contributed by atoms with van der Waals surface area (Å²) < 4.78 is 0. The Bertz CT molecular complexity index is 739. The molecule has 2 rings (SSSR count).